The third-order valence-electron chi connectivity index (χ3n) is 3.88. The van der Waals surface area contributed by atoms with Gasteiger partial charge in [0.2, 0.25) is 0 Å². The predicted molar refractivity (Wildman–Crippen MR) is 64.3 cm³/mol. The summed E-state index contributed by atoms with van der Waals surface area (Å²) in [6.45, 7) is 4.74. The van der Waals surface area contributed by atoms with Crippen LogP contribution in [0.1, 0.15) is 39.5 Å². The molecule has 16 heavy (non-hydrogen) atoms. The first-order chi connectivity index (χ1) is 7.37. The number of nitrogens with two attached hydrogens (primary N) is 1. The van der Waals surface area contributed by atoms with Gasteiger partial charge < -0.3 is 10.8 Å². The Hall–Kier alpha value is -0.610. The lowest BCUT2D eigenvalue weighted by Gasteiger charge is -2.40. The quantitative estimate of drug-likeness (QED) is 0.761. The minimum absolute atomic E-state index is 0.186. The number of rotatable bonds is 4. The van der Waals surface area contributed by atoms with Crippen LogP contribution >= 0.6 is 0 Å². The molecule has 0 aromatic heterocycles. The Morgan fingerprint density at radius 1 is 1.50 bits per heavy atom. The number of likely N-dealkylation sites (N-methyl/N-ethyl adjacent to an activating group) is 1. The van der Waals surface area contributed by atoms with E-state index in [4.69, 9.17) is 10.8 Å². The fraction of sp³-hybridized carbons (Fsp3) is 0.917. The van der Waals surface area contributed by atoms with Crippen LogP contribution < -0.4 is 5.73 Å². The summed E-state index contributed by atoms with van der Waals surface area (Å²) in [5, 5.41) is 9.06. The summed E-state index contributed by atoms with van der Waals surface area (Å²) < 4.78 is 0. The van der Waals surface area contributed by atoms with Crippen molar-refractivity contribution in [2.24, 2.45) is 11.1 Å². The zero-order valence-corrected chi connectivity index (χ0v) is 10.6. The summed E-state index contributed by atoms with van der Waals surface area (Å²) in [4.78, 5) is 13.0. The van der Waals surface area contributed by atoms with E-state index in [0.29, 0.717) is 11.5 Å². The van der Waals surface area contributed by atoms with Gasteiger partial charge in [-0.15, -0.1) is 0 Å². The molecule has 1 rings (SSSR count). The highest BCUT2D eigenvalue weighted by atomic mass is 16.4. The predicted octanol–water partition coefficient (Wildman–Crippen LogP) is 1.30. The van der Waals surface area contributed by atoms with Crippen LogP contribution in [0.5, 0.6) is 0 Å². The molecule has 94 valence electrons. The lowest BCUT2D eigenvalue weighted by molar-refractivity contribution is -0.143. The number of nitrogens with zero attached hydrogens (tertiary/aromatic N) is 1. The summed E-state index contributed by atoms with van der Waals surface area (Å²) >= 11 is 0. The highest BCUT2D eigenvalue weighted by Crippen LogP contribution is 2.36. The molecule has 0 aliphatic heterocycles. The number of carbonyl (C=O) groups is 1. The van der Waals surface area contributed by atoms with Crippen molar-refractivity contribution in [1.82, 2.24) is 4.90 Å². The van der Waals surface area contributed by atoms with Gasteiger partial charge in [0.05, 0.1) is 0 Å². The van der Waals surface area contributed by atoms with E-state index in [1.54, 1.807) is 0 Å². The van der Waals surface area contributed by atoms with E-state index < -0.39 is 12.0 Å². The van der Waals surface area contributed by atoms with Gasteiger partial charge in [0.15, 0.2) is 0 Å². The lowest BCUT2D eigenvalue weighted by atomic mass is 9.75. The molecular weight excluding hydrogens is 204 g/mol. The van der Waals surface area contributed by atoms with Crippen molar-refractivity contribution < 1.29 is 9.90 Å². The third kappa shape index (κ3) is 3.19. The normalized spacial score (nSPS) is 23.3. The second kappa shape index (κ2) is 5.15. The van der Waals surface area contributed by atoms with Gasteiger partial charge in [-0.3, -0.25) is 9.69 Å². The smallest absolute Gasteiger partial charge is 0.322 e. The molecule has 1 atom stereocenters. The largest absolute Gasteiger partial charge is 0.480 e. The lowest BCUT2D eigenvalue weighted by Crippen LogP contribution is -2.50. The molecule has 0 spiro atoms. The fourth-order valence-electron chi connectivity index (χ4n) is 2.49. The van der Waals surface area contributed by atoms with Crippen LogP contribution in [0.2, 0.25) is 0 Å². The van der Waals surface area contributed by atoms with Crippen LogP contribution in [-0.4, -0.2) is 41.7 Å². The van der Waals surface area contributed by atoms with Crippen molar-refractivity contribution in [2.75, 3.05) is 13.6 Å². The van der Waals surface area contributed by atoms with E-state index in [-0.39, 0.29) is 6.54 Å². The Balaban J connectivity index is 2.55. The minimum atomic E-state index is -0.810. The molecule has 0 radical (unpaired) electrons. The van der Waals surface area contributed by atoms with Gasteiger partial charge in [0, 0.05) is 12.6 Å². The Morgan fingerprint density at radius 3 is 2.38 bits per heavy atom. The maximum atomic E-state index is 11.0. The summed E-state index contributed by atoms with van der Waals surface area (Å²) in [6.07, 6.45) is 4.48. The topological polar surface area (TPSA) is 66.6 Å². The molecule has 0 bridgehead atoms. The highest BCUT2D eigenvalue weighted by Gasteiger charge is 2.33. The van der Waals surface area contributed by atoms with Gasteiger partial charge in [-0.1, -0.05) is 13.8 Å². The van der Waals surface area contributed by atoms with Crippen LogP contribution in [0.25, 0.3) is 0 Å². The zero-order valence-electron chi connectivity index (χ0n) is 10.6. The van der Waals surface area contributed by atoms with Crippen LogP contribution in [0.3, 0.4) is 0 Å². The van der Waals surface area contributed by atoms with Crippen molar-refractivity contribution in [3.63, 3.8) is 0 Å². The standard InChI is InChI=1S/C12H24N2O2/c1-12(2)6-4-9(5-7-12)14(3)10(8-13)11(15)16/h9-10H,4-8,13H2,1-3H3,(H,15,16). The summed E-state index contributed by atoms with van der Waals surface area (Å²) in [6, 6.07) is -0.163. The Bertz CT molecular complexity index is 243. The number of hydrogen-bond donors (Lipinski definition) is 2. The first kappa shape index (κ1) is 13.5. The molecule has 4 nitrogen and oxygen atoms in total. The Kier molecular flexibility index (Phi) is 4.33. The highest BCUT2D eigenvalue weighted by molar-refractivity contribution is 5.73. The van der Waals surface area contributed by atoms with Crippen LogP contribution in [-0.2, 0) is 4.79 Å². The number of hydrogen-bond acceptors (Lipinski definition) is 3. The van der Waals surface area contributed by atoms with Gasteiger partial charge in [-0.25, -0.2) is 0 Å². The van der Waals surface area contributed by atoms with E-state index in [0.717, 1.165) is 12.8 Å². The maximum Gasteiger partial charge on any atom is 0.322 e. The molecular formula is C12H24N2O2. The van der Waals surface area contributed by atoms with Crippen molar-refractivity contribution in [2.45, 2.75) is 51.6 Å². The number of carboxylic acids is 1. The van der Waals surface area contributed by atoms with Crippen LogP contribution in [0, 0.1) is 5.41 Å². The number of carboxylic acid groups (broad SMARTS) is 1. The molecule has 3 N–H and O–H groups in total. The molecule has 1 unspecified atom stereocenters. The molecule has 0 heterocycles. The summed E-state index contributed by atoms with van der Waals surface area (Å²) in [5.41, 5.74) is 5.93. The van der Waals surface area contributed by atoms with Gasteiger partial charge in [-0.2, -0.15) is 0 Å². The molecule has 0 aromatic rings. The average Bonchev–Trinajstić information content (AvgIpc) is 2.17. The van der Waals surface area contributed by atoms with E-state index in [1.165, 1.54) is 12.8 Å². The Morgan fingerprint density at radius 2 is 2.00 bits per heavy atom. The first-order valence-corrected chi connectivity index (χ1v) is 6.02. The van der Waals surface area contributed by atoms with Crippen molar-refractivity contribution in [1.29, 1.82) is 0 Å². The van der Waals surface area contributed by atoms with Crippen LogP contribution in [0.4, 0.5) is 0 Å². The van der Waals surface area contributed by atoms with Gasteiger partial charge >= 0.3 is 5.97 Å². The van der Waals surface area contributed by atoms with Crippen LogP contribution in [0.15, 0.2) is 0 Å². The van der Waals surface area contributed by atoms with Crippen molar-refractivity contribution in [3.8, 4) is 0 Å². The molecule has 0 saturated heterocycles. The molecule has 4 heteroatoms. The van der Waals surface area contributed by atoms with E-state index in [1.807, 2.05) is 11.9 Å². The Labute approximate surface area is 97.8 Å². The zero-order chi connectivity index (χ0) is 12.3. The maximum absolute atomic E-state index is 11.0. The van der Waals surface area contributed by atoms with Gasteiger partial charge in [0.1, 0.15) is 6.04 Å². The minimum Gasteiger partial charge on any atom is -0.480 e. The van der Waals surface area contributed by atoms with Crippen molar-refractivity contribution >= 4 is 5.97 Å². The molecule has 1 fully saturated rings. The summed E-state index contributed by atoms with van der Waals surface area (Å²) in [5.74, 6) is -0.810. The third-order valence-corrected chi connectivity index (χ3v) is 3.88. The van der Waals surface area contributed by atoms with Crippen molar-refractivity contribution in [3.05, 3.63) is 0 Å². The average molecular weight is 228 g/mol. The second-order valence-electron chi connectivity index (χ2n) is 5.65. The first-order valence-electron chi connectivity index (χ1n) is 6.02. The monoisotopic (exact) mass is 228 g/mol. The van der Waals surface area contributed by atoms with Gasteiger partial charge in [-0.05, 0) is 38.1 Å². The second-order valence-corrected chi connectivity index (χ2v) is 5.65. The number of aliphatic carboxylic acids is 1. The van der Waals surface area contributed by atoms with E-state index in [9.17, 15) is 4.79 Å². The van der Waals surface area contributed by atoms with E-state index in [2.05, 4.69) is 13.8 Å². The van der Waals surface area contributed by atoms with E-state index >= 15 is 0 Å². The SMILES string of the molecule is CN(C1CCC(C)(C)CC1)C(CN)C(=O)O. The fourth-order valence-corrected chi connectivity index (χ4v) is 2.49. The molecule has 1 aliphatic rings. The van der Waals surface area contributed by atoms with Gasteiger partial charge in [0.25, 0.3) is 0 Å². The molecule has 0 aromatic carbocycles. The summed E-state index contributed by atoms with van der Waals surface area (Å²) in [7, 11) is 1.88. The molecule has 1 aliphatic carbocycles. The molecule has 1 saturated carbocycles. The molecule has 0 amide bonds.